The monoisotopic (exact) mass is 384 g/mol. The highest BCUT2D eigenvalue weighted by atomic mass is 32.1. The molecule has 7 nitrogen and oxygen atoms in total. The second-order valence-corrected chi connectivity index (χ2v) is 7.74. The zero-order valence-corrected chi connectivity index (χ0v) is 15.9. The number of nitrogens with zero attached hydrogens (tertiary/aromatic N) is 2. The largest absolute Gasteiger partial charge is 0.497 e. The van der Waals surface area contributed by atoms with Gasteiger partial charge in [-0.25, -0.2) is 0 Å². The smallest absolute Gasteiger partial charge is 0.254 e. The number of fused-ring (bicyclic) bond motifs is 1. The Morgan fingerprint density at radius 2 is 2.19 bits per heavy atom. The number of likely N-dealkylation sites (tertiary alicyclic amines) is 1. The maximum atomic E-state index is 13.1. The van der Waals surface area contributed by atoms with E-state index in [0.717, 1.165) is 4.88 Å². The van der Waals surface area contributed by atoms with Crippen LogP contribution in [0.25, 0.3) is 0 Å². The Kier molecular flexibility index (Phi) is 4.15. The summed E-state index contributed by atoms with van der Waals surface area (Å²) in [7, 11) is 3.15. The fourth-order valence-corrected chi connectivity index (χ4v) is 4.77. The molecule has 1 aromatic heterocycles. The molecule has 2 unspecified atom stereocenters. The number of amides is 2. The number of methoxy groups -OCH3 is 1. The van der Waals surface area contributed by atoms with Crippen LogP contribution >= 0.6 is 11.3 Å². The van der Waals surface area contributed by atoms with Crippen molar-refractivity contribution in [3.8, 4) is 5.75 Å². The van der Waals surface area contributed by atoms with Crippen molar-refractivity contribution in [3.63, 3.8) is 0 Å². The van der Waals surface area contributed by atoms with Crippen molar-refractivity contribution >= 4 is 29.1 Å². The first-order valence-electron chi connectivity index (χ1n) is 8.58. The molecule has 140 valence electrons. The van der Waals surface area contributed by atoms with Crippen LogP contribution in [0.4, 0.5) is 0 Å². The molecular formula is C19H20N4O3S. The van der Waals surface area contributed by atoms with Gasteiger partial charge in [-0.15, -0.1) is 11.3 Å². The first kappa shape index (κ1) is 17.5. The number of guanidine groups is 1. The molecule has 2 aromatic rings. The Balaban J connectivity index is 1.71. The molecule has 8 heteroatoms. The minimum absolute atomic E-state index is 0.0559. The van der Waals surface area contributed by atoms with E-state index in [-0.39, 0.29) is 17.8 Å². The number of carbonyl (C=O) groups is 2. The van der Waals surface area contributed by atoms with E-state index in [1.165, 1.54) is 16.2 Å². The SMILES string of the molecule is COc1cccc(C(=O)N2CC3C(=O)N(C)C(=N)NC3(c3cccs3)C2)c1. The Bertz CT molecular complexity index is 913. The van der Waals surface area contributed by atoms with Crippen molar-refractivity contribution in [2.45, 2.75) is 5.54 Å². The lowest BCUT2D eigenvalue weighted by atomic mass is 9.83. The van der Waals surface area contributed by atoms with Crippen LogP contribution in [-0.2, 0) is 10.3 Å². The van der Waals surface area contributed by atoms with Gasteiger partial charge < -0.3 is 15.0 Å². The van der Waals surface area contributed by atoms with Gasteiger partial charge in [0.15, 0.2) is 5.96 Å². The fraction of sp³-hybridized carbons (Fsp3) is 0.316. The molecule has 1 aromatic carbocycles. The first-order valence-corrected chi connectivity index (χ1v) is 9.46. The fourth-order valence-electron chi connectivity index (χ4n) is 3.84. The van der Waals surface area contributed by atoms with Crippen LogP contribution in [0.15, 0.2) is 41.8 Å². The van der Waals surface area contributed by atoms with Gasteiger partial charge in [-0.1, -0.05) is 12.1 Å². The zero-order chi connectivity index (χ0) is 19.2. The van der Waals surface area contributed by atoms with E-state index in [4.69, 9.17) is 10.1 Å². The van der Waals surface area contributed by atoms with Crippen molar-refractivity contribution < 1.29 is 14.3 Å². The summed E-state index contributed by atoms with van der Waals surface area (Å²) in [5, 5.41) is 13.3. The number of ether oxygens (including phenoxy) is 1. The van der Waals surface area contributed by atoms with E-state index in [1.807, 2.05) is 17.5 Å². The third-order valence-corrected chi connectivity index (χ3v) is 6.36. The molecule has 3 heterocycles. The van der Waals surface area contributed by atoms with E-state index in [1.54, 1.807) is 43.3 Å². The van der Waals surface area contributed by atoms with Crippen molar-refractivity contribution in [1.29, 1.82) is 5.41 Å². The third kappa shape index (κ3) is 2.68. The summed E-state index contributed by atoms with van der Waals surface area (Å²) in [6, 6.07) is 10.9. The quantitative estimate of drug-likeness (QED) is 0.844. The Hall–Kier alpha value is -2.87. The highest BCUT2D eigenvalue weighted by Gasteiger charge is 2.57. The summed E-state index contributed by atoms with van der Waals surface area (Å²) in [6.45, 7) is 0.633. The van der Waals surface area contributed by atoms with Crippen LogP contribution in [0.2, 0.25) is 0 Å². The van der Waals surface area contributed by atoms with Gasteiger partial charge in [0, 0.05) is 30.6 Å². The number of hydrogen-bond donors (Lipinski definition) is 2. The predicted molar refractivity (Wildman–Crippen MR) is 102 cm³/mol. The van der Waals surface area contributed by atoms with Crippen LogP contribution in [0, 0.1) is 11.3 Å². The molecule has 0 bridgehead atoms. The molecule has 2 saturated heterocycles. The van der Waals surface area contributed by atoms with Crippen molar-refractivity contribution in [3.05, 3.63) is 52.2 Å². The molecule has 2 aliphatic rings. The highest BCUT2D eigenvalue weighted by molar-refractivity contribution is 7.10. The number of nitrogens with one attached hydrogen (secondary N) is 2. The predicted octanol–water partition coefficient (Wildman–Crippen LogP) is 1.72. The molecule has 2 fully saturated rings. The molecule has 2 N–H and O–H groups in total. The Morgan fingerprint density at radius 3 is 2.89 bits per heavy atom. The maximum Gasteiger partial charge on any atom is 0.254 e. The Labute approximate surface area is 161 Å². The molecule has 0 saturated carbocycles. The average Bonchev–Trinajstić information content (AvgIpc) is 3.34. The standard InChI is InChI=1S/C19H20N4O3S/c1-22-17(25)14-10-23(16(24)12-5-3-6-13(9-12)26-2)11-19(14,21-18(22)20)15-7-4-8-27-15/h3-9,14H,10-11H2,1-2H3,(H2,20,21). The lowest BCUT2D eigenvalue weighted by molar-refractivity contribution is -0.134. The van der Waals surface area contributed by atoms with Gasteiger partial charge in [0.25, 0.3) is 5.91 Å². The number of benzene rings is 1. The molecule has 4 rings (SSSR count). The van der Waals surface area contributed by atoms with Crippen LogP contribution < -0.4 is 10.1 Å². The van der Waals surface area contributed by atoms with Crippen molar-refractivity contribution in [1.82, 2.24) is 15.1 Å². The van der Waals surface area contributed by atoms with Gasteiger partial charge in [0.1, 0.15) is 11.3 Å². The first-order chi connectivity index (χ1) is 13.0. The van der Waals surface area contributed by atoms with Gasteiger partial charge >= 0.3 is 0 Å². The van der Waals surface area contributed by atoms with E-state index < -0.39 is 11.5 Å². The summed E-state index contributed by atoms with van der Waals surface area (Å²) >= 11 is 1.53. The summed E-state index contributed by atoms with van der Waals surface area (Å²) in [5.41, 5.74) is -0.242. The van der Waals surface area contributed by atoms with Gasteiger partial charge in [-0.3, -0.25) is 19.9 Å². The lowest BCUT2D eigenvalue weighted by Gasteiger charge is -2.42. The maximum absolute atomic E-state index is 13.1. The summed E-state index contributed by atoms with van der Waals surface area (Å²) in [6.07, 6.45) is 0. The molecule has 2 amide bonds. The highest BCUT2D eigenvalue weighted by Crippen LogP contribution is 2.42. The average molecular weight is 384 g/mol. The molecule has 0 spiro atoms. The number of rotatable bonds is 3. The minimum Gasteiger partial charge on any atom is -0.497 e. The summed E-state index contributed by atoms with van der Waals surface area (Å²) in [5.74, 6) is -0.0672. The van der Waals surface area contributed by atoms with E-state index in [2.05, 4.69) is 5.32 Å². The van der Waals surface area contributed by atoms with Gasteiger partial charge in [0.05, 0.1) is 13.0 Å². The van der Waals surface area contributed by atoms with E-state index in [9.17, 15) is 9.59 Å². The normalized spacial score (nSPS) is 24.6. The summed E-state index contributed by atoms with van der Waals surface area (Å²) in [4.78, 5) is 30.0. The third-order valence-electron chi connectivity index (χ3n) is 5.31. The lowest BCUT2D eigenvalue weighted by Crippen LogP contribution is -2.64. The van der Waals surface area contributed by atoms with Crippen LogP contribution in [-0.4, -0.2) is 54.8 Å². The van der Waals surface area contributed by atoms with Gasteiger partial charge in [-0.2, -0.15) is 0 Å². The van der Waals surface area contributed by atoms with Crippen molar-refractivity contribution in [2.24, 2.45) is 5.92 Å². The van der Waals surface area contributed by atoms with Gasteiger partial charge in [0.2, 0.25) is 5.91 Å². The Morgan fingerprint density at radius 1 is 1.37 bits per heavy atom. The van der Waals surface area contributed by atoms with E-state index in [0.29, 0.717) is 24.4 Å². The molecule has 2 atom stereocenters. The van der Waals surface area contributed by atoms with E-state index >= 15 is 0 Å². The minimum atomic E-state index is -0.761. The molecule has 0 radical (unpaired) electrons. The molecule has 0 aliphatic carbocycles. The van der Waals surface area contributed by atoms with Crippen molar-refractivity contribution in [2.75, 3.05) is 27.2 Å². The number of hydrogen-bond acceptors (Lipinski definition) is 5. The zero-order valence-electron chi connectivity index (χ0n) is 15.1. The molecule has 2 aliphatic heterocycles. The number of carbonyl (C=O) groups excluding carboxylic acids is 2. The second-order valence-electron chi connectivity index (χ2n) is 6.79. The molecular weight excluding hydrogens is 364 g/mol. The van der Waals surface area contributed by atoms with Crippen LogP contribution in [0.3, 0.4) is 0 Å². The second kappa shape index (κ2) is 6.38. The topological polar surface area (TPSA) is 85.7 Å². The van der Waals surface area contributed by atoms with Gasteiger partial charge in [-0.05, 0) is 29.6 Å². The molecule has 27 heavy (non-hydrogen) atoms. The van der Waals surface area contributed by atoms with Crippen LogP contribution in [0.5, 0.6) is 5.75 Å². The number of thiophene rings is 1. The summed E-state index contributed by atoms with van der Waals surface area (Å²) < 4.78 is 5.22. The van der Waals surface area contributed by atoms with Crippen LogP contribution in [0.1, 0.15) is 15.2 Å².